The van der Waals surface area contributed by atoms with Crippen LogP contribution in [0.3, 0.4) is 0 Å². The summed E-state index contributed by atoms with van der Waals surface area (Å²) in [4.78, 5) is 6.22. The van der Waals surface area contributed by atoms with Gasteiger partial charge in [0, 0.05) is 12.4 Å². The Kier molecular flexibility index (Phi) is 3.26. The van der Waals surface area contributed by atoms with Crippen LogP contribution < -0.4 is 10.6 Å². The third kappa shape index (κ3) is 2.55. The summed E-state index contributed by atoms with van der Waals surface area (Å²) in [5.74, 6) is 0. The average Bonchev–Trinajstić information content (AvgIpc) is 2.82. The molecule has 1 heterocycles. The van der Waals surface area contributed by atoms with E-state index < -0.39 is 0 Å². The van der Waals surface area contributed by atoms with Crippen LogP contribution in [0, 0.1) is 11.3 Å². The number of aromatic nitrogens is 1. The van der Waals surface area contributed by atoms with Gasteiger partial charge in [0.1, 0.15) is 0 Å². The molecule has 0 amide bonds. The second kappa shape index (κ2) is 4.85. The van der Waals surface area contributed by atoms with Gasteiger partial charge in [-0.25, -0.2) is 4.98 Å². The minimum atomic E-state index is 0.610. The van der Waals surface area contributed by atoms with E-state index in [2.05, 4.69) is 11.1 Å². The molecule has 86 valence electrons. The van der Waals surface area contributed by atoms with Gasteiger partial charge in [0.2, 0.25) is 0 Å². The van der Waals surface area contributed by atoms with Gasteiger partial charge in [0.25, 0.3) is 0 Å². The minimum absolute atomic E-state index is 0.610. The van der Waals surface area contributed by atoms with Gasteiger partial charge in [0.05, 0.1) is 40.8 Å². The summed E-state index contributed by atoms with van der Waals surface area (Å²) in [6.07, 6.45) is 0. The summed E-state index contributed by atoms with van der Waals surface area (Å²) in [7, 11) is 1.94. The van der Waals surface area contributed by atoms with Gasteiger partial charge in [0.15, 0.2) is 0 Å². The minimum Gasteiger partial charge on any atom is -0.397 e. The predicted octanol–water partition coefficient (Wildman–Crippen LogP) is 2.23. The van der Waals surface area contributed by atoms with E-state index in [1.807, 2.05) is 17.3 Å². The molecule has 0 aliphatic rings. The molecule has 0 spiro atoms. The van der Waals surface area contributed by atoms with Crippen molar-refractivity contribution in [1.29, 1.82) is 5.26 Å². The van der Waals surface area contributed by atoms with Crippen LogP contribution >= 0.6 is 11.3 Å². The molecule has 0 saturated carbocycles. The monoisotopic (exact) mass is 244 g/mol. The third-order valence-electron chi connectivity index (χ3n) is 2.45. The van der Waals surface area contributed by atoms with Gasteiger partial charge in [-0.2, -0.15) is 5.26 Å². The molecular weight excluding hydrogens is 232 g/mol. The molecule has 2 N–H and O–H groups in total. The van der Waals surface area contributed by atoms with Crippen molar-refractivity contribution in [1.82, 2.24) is 4.98 Å². The molecule has 0 aliphatic heterocycles. The Morgan fingerprint density at radius 1 is 1.53 bits per heavy atom. The fourth-order valence-corrected chi connectivity index (χ4v) is 2.14. The number of hydrogen-bond acceptors (Lipinski definition) is 5. The molecule has 1 aromatic heterocycles. The zero-order valence-corrected chi connectivity index (χ0v) is 10.2. The lowest BCUT2D eigenvalue weighted by Crippen LogP contribution is -2.18. The smallest absolute Gasteiger partial charge is 0.0992 e. The first-order chi connectivity index (χ1) is 8.20. The molecule has 0 fully saturated rings. The molecular formula is C12H12N4S. The van der Waals surface area contributed by atoms with Gasteiger partial charge in [-0.1, -0.05) is 0 Å². The number of benzene rings is 1. The molecule has 0 atom stereocenters. The Labute approximate surface area is 104 Å². The molecule has 0 aliphatic carbocycles. The van der Waals surface area contributed by atoms with E-state index in [1.165, 1.54) is 0 Å². The summed E-state index contributed by atoms with van der Waals surface area (Å²) in [5.41, 5.74) is 10.8. The summed E-state index contributed by atoms with van der Waals surface area (Å²) in [6.45, 7) is 0.683. The number of nitrogens with zero attached hydrogens (tertiary/aromatic N) is 3. The summed E-state index contributed by atoms with van der Waals surface area (Å²) in [5, 5.41) is 10.9. The van der Waals surface area contributed by atoms with Gasteiger partial charge in [-0.15, -0.1) is 11.3 Å². The summed E-state index contributed by atoms with van der Waals surface area (Å²) in [6, 6.07) is 7.38. The van der Waals surface area contributed by atoms with Crippen LogP contribution in [0.4, 0.5) is 11.4 Å². The van der Waals surface area contributed by atoms with Crippen molar-refractivity contribution < 1.29 is 0 Å². The van der Waals surface area contributed by atoms with E-state index in [-0.39, 0.29) is 0 Å². The number of nitrogen functional groups attached to an aromatic ring is 1. The van der Waals surface area contributed by atoms with Crippen molar-refractivity contribution >= 4 is 22.7 Å². The van der Waals surface area contributed by atoms with Crippen LogP contribution in [-0.2, 0) is 6.54 Å². The fraction of sp³-hybridized carbons (Fsp3) is 0.167. The first-order valence-corrected chi connectivity index (χ1v) is 6.03. The second-order valence-corrected chi connectivity index (χ2v) is 4.44. The molecule has 1 aromatic carbocycles. The first-order valence-electron chi connectivity index (χ1n) is 5.08. The topological polar surface area (TPSA) is 65.9 Å². The van der Waals surface area contributed by atoms with E-state index in [0.29, 0.717) is 17.8 Å². The highest BCUT2D eigenvalue weighted by atomic mass is 32.1. The van der Waals surface area contributed by atoms with Gasteiger partial charge in [-0.05, 0) is 18.2 Å². The second-order valence-electron chi connectivity index (χ2n) is 3.72. The molecule has 0 unspecified atom stereocenters. The lowest BCUT2D eigenvalue weighted by molar-refractivity contribution is 0.896. The van der Waals surface area contributed by atoms with Crippen molar-refractivity contribution in [3.05, 3.63) is 40.3 Å². The maximum absolute atomic E-state index is 8.87. The molecule has 17 heavy (non-hydrogen) atoms. The van der Waals surface area contributed by atoms with E-state index in [9.17, 15) is 0 Å². The van der Waals surface area contributed by atoms with Crippen LogP contribution in [0.15, 0.2) is 29.1 Å². The standard InChI is InChI=1S/C12H12N4S/c1-16(6-10-7-17-8-15-10)12-4-9(5-13)2-3-11(12)14/h2-4,7-8H,6,14H2,1H3. The Hall–Kier alpha value is -2.06. The first kappa shape index (κ1) is 11.4. The molecule has 2 aromatic rings. The maximum Gasteiger partial charge on any atom is 0.0992 e. The third-order valence-corrected chi connectivity index (χ3v) is 3.09. The van der Waals surface area contributed by atoms with Crippen molar-refractivity contribution in [2.75, 3.05) is 17.7 Å². The zero-order chi connectivity index (χ0) is 12.3. The largest absolute Gasteiger partial charge is 0.397 e. The quantitative estimate of drug-likeness (QED) is 0.841. The summed E-state index contributed by atoms with van der Waals surface area (Å²) >= 11 is 1.57. The summed E-state index contributed by atoms with van der Waals surface area (Å²) < 4.78 is 0. The van der Waals surface area contributed by atoms with Gasteiger partial charge >= 0.3 is 0 Å². The number of anilines is 2. The van der Waals surface area contributed by atoms with E-state index >= 15 is 0 Å². The van der Waals surface area contributed by atoms with Crippen LogP contribution in [0.25, 0.3) is 0 Å². The maximum atomic E-state index is 8.87. The molecule has 4 nitrogen and oxygen atoms in total. The number of nitriles is 1. The lowest BCUT2D eigenvalue weighted by atomic mass is 10.1. The Morgan fingerprint density at radius 2 is 2.35 bits per heavy atom. The van der Waals surface area contributed by atoms with Crippen LogP contribution in [0.5, 0.6) is 0 Å². The average molecular weight is 244 g/mol. The molecule has 0 bridgehead atoms. The predicted molar refractivity (Wildman–Crippen MR) is 69.8 cm³/mol. The van der Waals surface area contributed by atoms with Crippen molar-refractivity contribution in [2.45, 2.75) is 6.54 Å². The molecule has 0 radical (unpaired) electrons. The highest BCUT2D eigenvalue weighted by molar-refractivity contribution is 7.07. The van der Waals surface area contributed by atoms with Crippen molar-refractivity contribution in [3.63, 3.8) is 0 Å². The molecule has 5 heteroatoms. The van der Waals surface area contributed by atoms with Gasteiger partial charge < -0.3 is 10.6 Å². The number of thiazole rings is 1. The van der Waals surface area contributed by atoms with Gasteiger partial charge in [-0.3, -0.25) is 0 Å². The van der Waals surface area contributed by atoms with Crippen LogP contribution in [0.2, 0.25) is 0 Å². The van der Waals surface area contributed by atoms with Crippen molar-refractivity contribution in [3.8, 4) is 6.07 Å². The van der Waals surface area contributed by atoms with E-state index in [0.717, 1.165) is 11.4 Å². The number of rotatable bonds is 3. The normalized spacial score (nSPS) is 9.88. The number of hydrogen-bond donors (Lipinski definition) is 1. The molecule has 2 rings (SSSR count). The highest BCUT2D eigenvalue weighted by Gasteiger charge is 2.08. The Balaban J connectivity index is 2.24. The van der Waals surface area contributed by atoms with Crippen molar-refractivity contribution in [2.24, 2.45) is 0 Å². The van der Waals surface area contributed by atoms with Crippen LogP contribution in [0.1, 0.15) is 11.3 Å². The van der Waals surface area contributed by atoms with Crippen LogP contribution in [-0.4, -0.2) is 12.0 Å². The Morgan fingerprint density at radius 3 is 3.00 bits per heavy atom. The lowest BCUT2D eigenvalue weighted by Gasteiger charge is -2.20. The molecule has 0 saturated heterocycles. The Bertz CT molecular complexity index is 542. The van der Waals surface area contributed by atoms with E-state index in [4.69, 9.17) is 11.0 Å². The SMILES string of the molecule is CN(Cc1cscn1)c1cc(C#N)ccc1N. The van der Waals surface area contributed by atoms with E-state index in [1.54, 1.807) is 35.0 Å². The number of nitrogens with two attached hydrogens (primary N) is 1. The highest BCUT2D eigenvalue weighted by Crippen LogP contribution is 2.24. The zero-order valence-electron chi connectivity index (χ0n) is 9.42. The fourth-order valence-electron chi connectivity index (χ4n) is 1.59.